The smallest absolute Gasteiger partial charge is 0.122 e. The van der Waals surface area contributed by atoms with Crippen LogP contribution in [0.15, 0.2) is 40.9 Å². The minimum absolute atomic E-state index is 0.208. The van der Waals surface area contributed by atoms with Crippen LogP contribution in [-0.4, -0.2) is 6.61 Å². The molecule has 1 atom stereocenters. The summed E-state index contributed by atoms with van der Waals surface area (Å²) in [6.07, 6.45) is 0.950. The second-order valence-electron chi connectivity index (χ2n) is 4.53. The Morgan fingerprint density at radius 1 is 1.11 bits per heavy atom. The summed E-state index contributed by atoms with van der Waals surface area (Å²) in [5, 5.41) is 0.473. The molecule has 2 aromatic carbocycles. The van der Waals surface area contributed by atoms with Crippen molar-refractivity contribution in [1.29, 1.82) is 0 Å². The predicted octanol–water partition coefficient (Wildman–Crippen LogP) is 5.37. The molecule has 1 aliphatic rings. The number of halogens is 3. The van der Waals surface area contributed by atoms with Gasteiger partial charge in [0.25, 0.3) is 0 Å². The summed E-state index contributed by atoms with van der Waals surface area (Å²) in [5.41, 5.74) is 3.28. The van der Waals surface area contributed by atoms with E-state index in [1.165, 1.54) is 5.56 Å². The Balaban J connectivity index is 1.97. The van der Waals surface area contributed by atoms with Gasteiger partial charge in [0.05, 0.1) is 12.0 Å². The Kier molecular flexibility index (Phi) is 3.75. The number of hydrogen-bond acceptors (Lipinski definition) is 1. The third-order valence-electron chi connectivity index (χ3n) is 3.18. The van der Waals surface area contributed by atoms with Gasteiger partial charge in [-0.1, -0.05) is 39.7 Å². The summed E-state index contributed by atoms with van der Waals surface area (Å²) in [6, 6.07) is 11.9. The number of ether oxygens (including phenoxy) is 1. The van der Waals surface area contributed by atoms with Crippen LogP contribution in [0, 0.1) is 0 Å². The molecule has 0 bridgehead atoms. The molecule has 1 nitrogen and oxygen atoms in total. The molecule has 0 amide bonds. The maximum Gasteiger partial charge on any atom is 0.122 e. The van der Waals surface area contributed by atoms with E-state index < -0.39 is 0 Å². The van der Waals surface area contributed by atoms with Gasteiger partial charge in [-0.25, -0.2) is 0 Å². The van der Waals surface area contributed by atoms with Gasteiger partial charge in [-0.15, -0.1) is 11.6 Å². The summed E-state index contributed by atoms with van der Waals surface area (Å²) in [7, 11) is 0. The quantitative estimate of drug-likeness (QED) is 0.657. The van der Waals surface area contributed by atoms with E-state index in [2.05, 4.69) is 22.0 Å². The minimum Gasteiger partial charge on any atom is -0.493 e. The average molecular weight is 358 g/mol. The topological polar surface area (TPSA) is 9.23 Å². The molecule has 3 rings (SSSR count). The minimum atomic E-state index is -0.208. The second-order valence-corrected chi connectivity index (χ2v) is 6.32. The van der Waals surface area contributed by atoms with Crippen LogP contribution >= 0.6 is 39.1 Å². The zero-order valence-electron chi connectivity index (χ0n) is 10.00. The first kappa shape index (κ1) is 13.3. The first-order valence-electron chi connectivity index (χ1n) is 5.99. The largest absolute Gasteiger partial charge is 0.493 e. The molecule has 0 fully saturated rings. The van der Waals surface area contributed by atoms with E-state index in [1.807, 2.05) is 30.3 Å². The molecule has 0 N–H and O–H groups in total. The van der Waals surface area contributed by atoms with Crippen LogP contribution in [0.25, 0.3) is 0 Å². The standard InChI is InChI=1S/C15H11BrCl2O/c16-12-6-11(7-13(17)8-12)15(18)10-1-2-14-9(5-10)3-4-19-14/h1-2,5-8,15H,3-4H2. The van der Waals surface area contributed by atoms with Gasteiger partial charge in [0.15, 0.2) is 0 Å². The zero-order valence-corrected chi connectivity index (χ0v) is 13.1. The fourth-order valence-corrected chi connectivity index (χ4v) is 3.43. The van der Waals surface area contributed by atoms with Crippen LogP contribution in [0.1, 0.15) is 22.1 Å². The lowest BCUT2D eigenvalue weighted by molar-refractivity contribution is 0.357. The molecular weight excluding hydrogens is 347 g/mol. The molecule has 0 radical (unpaired) electrons. The van der Waals surface area contributed by atoms with E-state index in [4.69, 9.17) is 27.9 Å². The molecule has 1 heterocycles. The number of hydrogen-bond donors (Lipinski definition) is 0. The van der Waals surface area contributed by atoms with E-state index in [0.717, 1.165) is 34.4 Å². The number of fused-ring (bicyclic) bond motifs is 1. The van der Waals surface area contributed by atoms with Crippen LogP contribution < -0.4 is 4.74 Å². The summed E-state index contributed by atoms with van der Waals surface area (Å²) in [5.74, 6) is 0.972. The van der Waals surface area contributed by atoms with Gasteiger partial charge >= 0.3 is 0 Å². The zero-order chi connectivity index (χ0) is 13.4. The SMILES string of the molecule is Clc1cc(Br)cc(C(Cl)c2ccc3c(c2)CCO3)c1. The number of alkyl halides is 1. The highest BCUT2D eigenvalue weighted by atomic mass is 79.9. The van der Waals surface area contributed by atoms with Crippen molar-refractivity contribution >= 4 is 39.1 Å². The van der Waals surface area contributed by atoms with Crippen LogP contribution in [0.2, 0.25) is 5.02 Å². The van der Waals surface area contributed by atoms with Crippen molar-refractivity contribution in [2.75, 3.05) is 6.61 Å². The van der Waals surface area contributed by atoms with E-state index in [-0.39, 0.29) is 5.38 Å². The van der Waals surface area contributed by atoms with Gasteiger partial charge in [-0.3, -0.25) is 0 Å². The Bertz CT molecular complexity index is 607. The third kappa shape index (κ3) is 2.76. The highest BCUT2D eigenvalue weighted by Gasteiger charge is 2.17. The second kappa shape index (κ2) is 5.35. The highest BCUT2D eigenvalue weighted by molar-refractivity contribution is 9.10. The van der Waals surface area contributed by atoms with E-state index >= 15 is 0 Å². The first-order chi connectivity index (χ1) is 9.13. The molecule has 4 heteroatoms. The Morgan fingerprint density at radius 2 is 1.95 bits per heavy atom. The lowest BCUT2D eigenvalue weighted by atomic mass is 10.0. The van der Waals surface area contributed by atoms with Crippen molar-refractivity contribution in [3.63, 3.8) is 0 Å². The van der Waals surface area contributed by atoms with Gasteiger partial charge in [-0.2, -0.15) is 0 Å². The molecule has 0 spiro atoms. The van der Waals surface area contributed by atoms with Crippen molar-refractivity contribution in [2.45, 2.75) is 11.8 Å². The van der Waals surface area contributed by atoms with E-state index in [0.29, 0.717) is 5.02 Å². The van der Waals surface area contributed by atoms with Crippen molar-refractivity contribution in [2.24, 2.45) is 0 Å². The molecule has 0 saturated heterocycles. The predicted molar refractivity (Wildman–Crippen MR) is 82.5 cm³/mol. The van der Waals surface area contributed by atoms with Crippen molar-refractivity contribution < 1.29 is 4.74 Å². The molecule has 98 valence electrons. The average Bonchev–Trinajstić information content (AvgIpc) is 2.83. The summed E-state index contributed by atoms with van der Waals surface area (Å²) < 4.78 is 6.44. The van der Waals surface area contributed by atoms with Gasteiger partial charge in [-0.05, 0) is 41.0 Å². The van der Waals surface area contributed by atoms with Crippen LogP contribution in [0.4, 0.5) is 0 Å². The lowest BCUT2D eigenvalue weighted by Crippen LogP contribution is -1.94. The highest BCUT2D eigenvalue weighted by Crippen LogP contribution is 2.35. The number of rotatable bonds is 2. The molecule has 0 saturated carbocycles. The van der Waals surface area contributed by atoms with Crippen molar-refractivity contribution in [3.8, 4) is 5.75 Å². The van der Waals surface area contributed by atoms with E-state index in [1.54, 1.807) is 0 Å². The Morgan fingerprint density at radius 3 is 2.74 bits per heavy atom. The van der Waals surface area contributed by atoms with Crippen LogP contribution in [0.5, 0.6) is 5.75 Å². The molecule has 0 aromatic heterocycles. The molecule has 19 heavy (non-hydrogen) atoms. The fraction of sp³-hybridized carbons (Fsp3) is 0.200. The molecule has 1 unspecified atom stereocenters. The van der Waals surface area contributed by atoms with Crippen molar-refractivity contribution in [3.05, 3.63) is 62.6 Å². The lowest BCUT2D eigenvalue weighted by Gasteiger charge is -2.12. The first-order valence-corrected chi connectivity index (χ1v) is 7.60. The third-order valence-corrected chi connectivity index (χ3v) is 4.36. The maximum atomic E-state index is 6.56. The summed E-state index contributed by atoms with van der Waals surface area (Å²) >= 11 is 16.1. The van der Waals surface area contributed by atoms with Gasteiger partial charge in [0.1, 0.15) is 5.75 Å². The molecular formula is C15H11BrCl2O. The van der Waals surface area contributed by atoms with Crippen LogP contribution in [-0.2, 0) is 6.42 Å². The monoisotopic (exact) mass is 356 g/mol. The summed E-state index contributed by atoms with van der Waals surface area (Å²) in [6.45, 7) is 0.758. The van der Waals surface area contributed by atoms with Gasteiger partial charge in [0.2, 0.25) is 0 Å². The van der Waals surface area contributed by atoms with Gasteiger partial charge < -0.3 is 4.74 Å². The molecule has 2 aromatic rings. The number of benzene rings is 2. The molecule has 0 aliphatic carbocycles. The Labute approximate surface area is 130 Å². The van der Waals surface area contributed by atoms with E-state index in [9.17, 15) is 0 Å². The summed E-state index contributed by atoms with van der Waals surface area (Å²) in [4.78, 5) is 0. The Hall–Kier alpha value is -0.700. The fourth-order valence-electron chi connectivity index (χ4n) is 2.28. The van der Waals surface area contributed by atoms with Crippen LogP contribution in [0.3, 0.4) is 0 Å². The van der Waals surface area contributed by atoms with Crippen molar-refractivity contribution in [1.82, 2.24) is 0 Å². The normalized spacial score (nSPS) is 14.9. The molecule has 1 aliphatic heterocycles. The van der Waals surface area contributed by atoms with Gasteiger partial charge in [0, 0.05) is 15.9 Å². The maximum absolute atomic E-state index is 6.56.